The Morgan fingerprint density at radius 3 is 1.09 bits per heavy atom. The van der Waals surface area contributed by atoms with Gasteiger partial charge in [0.2, 0.25) is 0 Å². The molecule has 0 N–H and O–H groups in total. The second-order valence-corrected chi connectivity index (χ2v) is 6.69. The highest BCUT2D eigenvalue weighted by molar-refractivity contribution is 14.1. The van der Waals surface area contributed by atoms with Crippen molar-refractivity contribution in [2.75, 3.05) is 25.6 Å². The number of hydrogen-bond donors (Lipinski definition) is 0. The molecule has 0 fully saturated rings. The van der Waals surface area contributed by atoms with E-state index in [1.165, 1.54) is 45.2 Å². The molecule has 0 saturated heterocycles. The number of hydrogen-bond acceptors (Lipinski definition) is 0. The van der Waals surface area contributed by atoms with E-state index in [-0.39, 0.29) is 12.4 Å². The molecule has 130 valence electrons. The predicted molar refractivity (Wildman–Crippen MR) is 94.3 cm³/mol. The standard InChI is InChI=1S/C7H17ClN.C6F4I2.ClH/c1-4-9(5-2,6-3)7-8;7-1-2(8)6(12)4(10)3(9)5(1)11;/h4-7H2,1-3H3;;1H/q+1;;/p-1. The second kappa shape index (κ2) is 11.5. The molecule has 0 unspecified atom stereocenters. The third kappa shape index (κ3) is 6.10. The van der Waals surface area contributed by atoms with Gasteiger partial charge in [0.15, 0.2) is 29.3 Å². The lowest BCUT2D eigenvalue weighted by atomic mass is 10.3. The lowest BCUT2D eigenvalue weighted by Gasteiger charge is -2.32. The summed E-state index contributed by atoms with van der Waals surface area (Å²) in [6.45, 7) is 10.0. The van der Waals surface area contributed by atoms with Crippen LogP contribution in [0.5, 0.6) is 0 Å². The summed E-state index contributed by atoms with van der Waals surface area (Å²) in [4.78, 5) is 0. The molecule has 0 atom stereocenters. The van der Waals surface area contributed by atoms with Crippen LogP contribution in [-0.2, 0) is 0 Å². The zero-order chi connectivity index (χ0) is 16.8. The molecule has 0 radical (unpaired) electrons. The van der Waals surface area contributed by atoms with Crippen molar-refractivity contribution in [1.82, 2.24) is 0 Å². The van der Waals surface area contributed by atoms with Gasteiger partial charge in [-0.2, -0.15) is 0 Å². The maximum Gasteiger partial charge on any atom is 0.176 e. The van der Waals surface area contributed by atoms with E-state index in [1.807, 2.05) is 0 Å². The quantitative estimate of drug-likeness (QED) is 0.0967. The van der Waals surface area contributed by atoms with E-state index in [9.17, 15) is 17.6 Å². The van der Waals surface area contributed by atoms with Crippen LogP contribution in [-0.4, -0.2) is 30.1 Å². The topological polar surface area (TPSA) is 0 Å². The Balaban J connectivity index is 0. The third-order valence-corrected chi connectivity index (χ3v) is 5.82. The van der Waals surface area contributed by atoms with Crippen molar-refractivity contribution < 1.29 is 34.5 Å². The minimum atomic E-state index is -1.35. The summed E-state index contributed by atoms with van der Waals surface area (Å²) >= 11 is 8.20. The van der Waals surface area contributed by atoms with E-state index in [4.69, 9.17) is 11.6 Å². The Morgan fingerprint density at radius 1 is 0.773 bits per heavy atom. The average Bonchev–Trinajstić information content (AvgIpc) is 2.52. The molecule has 1 aromatic carbocycles. The van der Waals surface area contributed by atoms with Crippen molar-refractivity contribution in [2.24, 2.45) is 0 Å². The lowest BCUT2D eigenvalue weighted by molar-refractivity contribution is -0.912. The minimum Gasteiger partial charge on any atom is -1.00 e. The van der Waals surface area contributed by atoms with Crippen molar-refractivity contribution in [1.29, 1.82) is 0 Å². The molecule has 9 heteroatoms. The van der Waals surface area contributed by atoms with Crippen LogP contribution >= 0.6 is 56.8 Å². The molecule has 0 bridgehead atoms. The zero-order valence-electron chi connectivity index (χ0n) is 12.3. The Morgan fingerprint density at radius 2 is 1.00 bits per heavy atom. The fraction of sp³-hybridized carbons (Fsp3) is 0.538. The van der Waals surface area contributed by atoms with Gasteiger partial charge < -0.3 is 16.9 Å². The van der Waals surface area contributed by atoms with E-state index < -0.39 is 30.4 Å². The fourth-order valence-corrected chi connectivity index (χ4v) is 2.96. The van der Waals surface area contributed by atoms with Crippen molar-refractivity contribution in [3.05, 3.63) is 30.4 Å². The first kappa shape index (κ1) is 25.2. The SMILES string of the molecule is CC[N+](CC)(CC)CCl.Fc1c(F)c(I)c(F)c(F)c1I.[Cl-]. The van der Waals surface area contributed by atoms with Crippen molar-refractivity contribution in [2.45, 2.75) is 20.8 Å². The van der Waals surface area contributed by atoms with Gasteiger partial charge in [0.25, 0.3) is 0 Å². The van der Waals surface area contributed by atoms with E-state index in [2.05, 4.69) is 20.8 Å². The highest BCUT2D eigenvalue weighted by Crippen LogP contribution is 2.25. The first-order valence-electron chi connectivity index (χ1n) is 6.29. The van der Waals surface area contributed by atoms with Crippen LogP contribution in [0.15, 0.2) is 0 Å². The molecule has 0 heterocycles. The predicted octanol–water partition coefficient (Wildman–Crippen LogP) is 2.52. The summed E-state index contributed by atoms with van der Waals surface area (Å²) in [5, 5.41) is 0. The van der Waals surface area contributed by atoms with Crippen molar-refractivity contribution in [3.63, 3.8) is 0 Å². The zero-order valence-corrected chi connectivity index (χ0v) is 18.1. The second-order valence-electron chi connectivity index (χ2n) is 4.29. The van der Waals surface area contributed by atoms with Gasteiger partial charge in [-0.15, -0.1) is 0 Å². The molecule has 1 nitrogen and oxygen atoms in total. The normalized spacial score (nSPS) is 10.6. The smallest absolute Gasteiger partial charge is 0.176 e. The molecule has 0 spiro atoms. The van der Waals surface area contributed by atoms with Gasteiger partial charge >= 0.3 is 0 Å². The maximum atomic E-state index is 12.6. The summed E-state index contributed by atoms with van der Waals surface area (Å²) in [5.74, 6) is -5.39. The molecule has 0 aliphatic carbocycles. The molecular weight excluding hydrogens is 571 g/mol. The highest BCUT2D eigenvalue weighted by atomic mass is 127. The first-order chi connectivity index (χ1) is 9.71. The molecule has 0 aromatic heterocycles. The van der Waals surface area contributed by atoms with Crippen LogP contribution in [0.25, 0.3) is 0 Å². The fourth-order valence-electron chi connectivity index (χ4n) is 1.50. The van der Waals surface area contributed by atoms with E-state index in [0.29, 0.717) is 0 Å². The van der Waals surface area contributed by atoms with Crippen LogP contribution in [0.1, 0.15) is 20.8 Å². The number of rotatable bonds is 4. The monoisotopic (exact) mass is 587 g/mol. The Hall–Kier alpha value is 0.940. The number of benzene rings is 1. The van der Waals surface area contributed by atoms with Crippen LogP contribution in [0.3, 0.4) is 0 Å². The highest BCUT2D eigenvalue weighted by Gasteiger charge is 2.21. The molecule has 1 rings (SSSR count). The van der Waals surface area contributed by atoms with Crippen molar-refractivity contribution in [3.8, 4) is 0 Å². The number of quaternary nitrogens is 1. The third-order valence-electron chi connectivity index (χ3n) is 3.42. The van der Waals surface area contributed by atoms with Crippen LogP contribution in [0, 0.1) is 30.4 Å². The molecule has 0 aliphatic rings. The van der Waals surface area contributed by atoms with Crippen LogP contribution in [0.2, 0.25) is 0 Å². The summed E-state index contributed by atoms with van der Waals surface area (Å²) in [6.07, 6.45) is 0. The summed E-state index contributed by atoms with van der Waals surface area (Å²) in [5.41, 5.74) is 0. The average molecular weight is 588 g/mol. The summed E-state index contributed by atoms with van der Waals surface area (Å²) in [7, 11) is 0. The van der Waals surface area contributed by atoms with Crippen LogP contribution < -0.4 is 12.4 Å². The lowest BCUT2D eigenvalue weighted by Crippen LogP contribution is -3.00. The molecule has 22 heavy (non-hydrogen) atoms. The van der Waals surface area contributed by atoms with E-state index in [1.54, 1.807) is 0 Å². The van der Waals surface area contributed by atoms with Gasteiger partial charge in [0, 0.05) is 0 Å². The van der Waals surface area contributed by atoms with Crippen LogP contribution in [0.4, 0.5) is 17.6 Å². The Labute approximate surface area is 167 Å². The van der Waals surface area contributed by atoms with Gasteiger partial charge in [0.05, 0.1) is 26.8 Å². The summed E-state index contributed by atoms with van der Waals surface area (Å²) in [6, 6.07) is 0.753. The maximum absolute atomic E-state index is 12.6. The largest absolute Gasteiger partial charge is 1.00 e. The Bertz CT molecular complexity index is 363. The van der Waals surface area contributed by atoms with Gasteiger partial charge in [-0.05, 0) is 66.0 Å². The van der Waals surface area contributed by atoms with Gasteiger partial charge in [-0.1, -0.05) is 11.6 Å². The summed E-state index contributed by atoms with van der Waals surface area (Å²) < 4.78 is 50.3. The van der Waals surface area contributed by atoms with Gasteiger partial charge in [0.1, 0.15) is 0 Å². The molecule has 0 saturated carbocycles. The van der Waals surface area contributed by atoms with Crippen molar-refractivity contribution >= 4 is 56.8 Å². The number of halogens is 8. The molecule has 0 aliphatic heterocycles. The Kier molecular flexibility index (Phi) is 13.1. The first-order valence-corrected chi connectivity index (χ1v) is 8.98. The molecular formula is C13H17Cl2F4I2N. The minimum absolute atomic E-state index is 0. The van der Waals surface area contributed by atoms with Gasteiger partial charge in [-0.3, -0.25) is 0 Å². The van der Waals surface area contributed by atoms with E-state index >= 15 is 0 Å². The number of alkyl halides is 1. The van der Waals surface area contributed by atoms with Gasteiger partial charge in [-0.25, -0.2) is 17.6 Å². The van der Waals surface area contributed by atoms with E-state index in [0.717, 1.165) is 30.1 Å². The molecule has 1 aromatic rings. The number of nitrogens with zero attached hydrogens (tertiary/aromatic N) is 1. The molecule has 0 amide bonds.